The summed E-state index contributed by atoms with van der Waals surface area (Å²) in [7, 11) is 0. The van der Waals surface area contributed by atoms with Crippen molar-refractivity contribution in [1.82, 2.24) is 0 Å². The van der Waals surface area contributed by atoms with Crippen molar-refractivity contribution in [2.24, 2.45) is 5.10 Å². The summed E-state index contributed by atoms with van der Waals surface area (Å²) < 4.78 is 0. The summed E-state index contributed by atoms with van der Waals surface area (Å²) >= 11 is 18.2. The third-order valence-corrected chi connectivity index (χ3v) is 4.57. The Morgan fingerprint density at radius 3 is 1.96 bits per heavy atom. The minimum atomic E-state index is 0.425. The summed E-state index contributed by atoms with van der Waals surface area (Å²) in [5, 5.41) is 5.71. The third-order valence-electron chi connectivity index (χ3n) is 3.75. The molecule has 3 rings (SSSR count). The normalized spacial score (nSPS) is 11.4. The van der Waals surface area contributed by atoms with Gasteiger partial charge in [0.25, 0.3) is 0 Å². The second kappa shape index (κ2) is 7.92. The fourth-order valence-electron chi connectivity index (χ4n) is 2.39. The van der Waals surface area contributed by atoms with E-state index in [1.165, 1.54) is 5.56 Å². The second-order valence-corrected chi connectivity index (χ2v) is 6.75. The molecule has 5 heteroatoms. The van der Waals surface area contributed by atoms with Crippen LogP contribution in [0.2, 0.25) is 15.1 Å². The fraction of sp³-hybridized carbons (Fsp3) is 0.0500. The van der Waals surface area contributed by atoms with E-state index in [2.05, 4.69) is 34.8 Å². The number of halogens is 3. The van der Waals surface area contributed by atoms with Gasteiger partial charge in [0.15, 0.2) is 0 Å². The summed E-state index contributed by atoms with van der Waals surface area (Å²) in [5.74, 6) is 0. The Bertz CT molecular complexity index is 881. The zero-order chi connectivity index (χ0) is 17.8. The molecule has 0 atom stereocenters. The maximum atomic E-state index is 6.15. The molecule has 0 saturated heterocycles. The lowest BCUT2D eigenvalue weighted by Gasteiger charge is -2.09. The Labute approximate surface area is 162 Å². The maximum absolute atomic E-state index is 6.15. The van der Waals surface area contributed by atoms with Crippen LogP contribution < -0.4 is 5.43 Å². The molecule has 0 aliphatic carbocycles. The molecule has 1 N–H and O–H groups in total. The molecule has 0 heterocycles. The number of benzene rings is 3. The molecule has 0 bridgehead atoms. The highest BCUT2D eigenvalue weighted by atomic mass is 35.5. The lowest BCUT2D eigenvalue weighted by Crippen LogP contribution is -2.00. The van der Waals surface area contributed by atoms with Crippen molar-refractivity contribution in [3.8, 4) is 11.1 Å². The highest BCUT2D eigenvalue weighted by Crippen LogP contribution is 2.33. The van der Waals surface area contributed by atoms with E-state index in [9.17, 15) is 0 Å². The van der Waals surface area contributed by atoms with Crippen molar-refractivity contribution in [3.05, 3.63) is 87.4 Å². The minimum Gasteiger partial charge on any atom is -0.275 e. The van der Waals surface area contributed by atoms with Crippen LogP contribution in [0.4, 0.5) is 5.69 Å². The van der Waals surface area contributed by atoms with E-state index in [1.54, 1.807) is 12.1 Å². The number of hydrogen-bond acceptors (Lipinski definition) is 2. The number of hydrazone groups is 1. The van der Waals surface area contributed by atoms with E-state index >= 15 is 0 Å². The first-order chi connectivity index (χ1) is 12.0. The van der Waals surface area contributed by atoms with E-state index in [-0.39, 0.29) is 0 Å². The number of anilines is 1. The summed E-state index contributed by atoms with van der Waals surface area (Å²) in [4.78, 5) is 0. The minimum absolute atomic E-state index is 0.425. The molecule has 0 aliphatic heterocycles. The van der Waals surface area contributed by atoms with Gasteiger partial charge in [0, 0.05) is 5.02 Å². The second-order valence-electron chi connectivity index (χ2n) is 5.50. The van der Waals surface area contributed by atoms with Gasteiger partial charge in [-0.25, -0.2) is 0 Å². The molecule has 0 unspecified atom stereocenters. The van der Waals surface area contributed by atoms with Gasteiger partial charge in [-0.1, -0.05) is 89.4 Å². The zero-order valence-electron chi connectivity index (χ0n) is 13.4. The van der Waals surface area contributed by atoms with Crippen LogP contribution in [0.3, 0.4) is 0 Å². The molecule has 3 aromatic carbocycles. The first-order valence-electron chi connectivity index (χ1n) is 7.65. The van der Waals surface area contributed by atoms with Crippen LogP contribution in [0.15, 0.2) is 71.8 Å². The molecule has 25 heavy (non-hydrogen) atoms. The van der Waals surface area contributed by atoms with Gasteiger partial charge < -0.3 is 0 Å². The monoisotopic (exact) mass is 388 g/mol. The first kappa shape index (κ1) is 17.8. The average Bonchev–Trinajstić information content (AvgIpc) is 2.61. The average molecular weight is 390 g/mol. The van der Waals surface area contributed by atoms with Crippen LogP contribution >= 0.6 is 34.8 Å². The number of nitrogens with zero attached hydrogens (tertiary/aromatic N) is 1. The molecule has 0 spiro atoms. The standard InChI is InChI=1S/C20H15Cl3N2/c1-13(24-25-20-18(22)11-17(21)12-19(20)23)14-7-9-16(10-8-14)15-5-3-2-4-6-15/h2-12,25H,1H3. The predicted octanol–water partition coefficient (Wildman–Crippen LogP) is 7.15. The molecule has 0 fully saturated rings. The van der Waals surface area contributed by atoms with Gasteiger partial charge in [0.1, 0.15) is 0 Å². The molecule has 2 nitrogen and oxygen atoms in total. The van der Waals surface area contributed by atoms with Crippen LogP contribution in [0.25, 0.3) is 11.1 Å². The molecule has 0 aromatic heterocycles. The van der Waals surface area contributed by atoms with E-state index in [0.717, 1.165) is 16.8 Å². The van der Waals surface area contributed by atoms with Gasteiger partial charge in [-0.05, 0) is 35.7 Å². The largest absolute Gasteiger partial charge is 0.275 e. The number of nitrogens with one attached hydrogen (secondary N) is 1. The van der Waals surface area contributed by atoms with Gasteiger partial charge in [0.2, 0.25) is 0 Å². The Morgan fingerprint density at radius 2 is 1.36 bits per heavy atom. The van der Waals surface area contributed by atoms with Crippen LogP contribution in [-0.4, -0.2) is 5.71 Å². The van der Waals surface area contributed by atoms with Crippen molar-refractivity contribution in [3.63, 3.8) is 0 Å². The summed E-state index contributed by atoms with van der Waals surface area (Å²) in [5.41, 5.74) is 7.63. The van der Waals surface area contributed by atoms with Crippen LogP contribution in [0.1, 0.15) is 12.5 Å². The Kier molecular flexibility index (Phi) is 5.64. The Morgan fingerprint density at radius 1 is 0.800 bits per heavy atom. The SMILES string of the molecule is CC(=NNc1c(Cl)cc(Cl)cc1Cl)c1ccc(-c2ccccc2)cc1. The number of rotatable bonds is 4. The van der Waals surface area contributed by atoms with Gasteiger partial charge in [-0.2, -0.15) is 5.10 Å². The smallest absolute Gasteiger partial charge is 0.0935 e. The Balaban J connectivity index is 1.79. The van der Waals surface area contributed by atoms with Gasteiger partial charge in [0.05, 0.1) is 21.4 Å². The fourth-order valence-corrected chi connectivity index (χ4v) is 3.29. The quantitative estimate of drug-likeness (QED) is 0.372. The lowest BCUT2D eigenvalue weighted by atomic mass is 10.0. The molecule has 0 aliphatic rings. The first-order valence-corrected chi connectivity index (χ1v) is 8.78. The van der Waals surface area contributed by atoms with Crippen LogP contribution in [0.5, 0.6) is 0 Å². The van der Waals surface area contributed by atoms with Crippen LogP contribution in [0, 0.1) is 0 Å². The lowest BCUT2D eigenvalue weighted by molar-refractivity contribution is 1.32. The summed E-state index contributed by atoms with van der Waals surface area (Å²) in [6, 6.07) is 21.7. The molecular formula is C20H15Cl3N2. The van der Waals surface area contributed by atoms with Gasteiger partial charge in [-0.3, -0.25) is 5.43 Å². The highest BCUT2D eigenvalue weighted by Gasteiger charge is 2.07. The van der Waals surface area contributed by atoms with Crippen molar-refractivity contribution in [2.45, 2.75) is 6.92 Å². The summed E-state index contributed by atoms with van der Waals surface area (Å²) in [6.45, 7) is 1.92. The van der Waals surface area contributed by atoms with Crippen molar-refractivity contribution in [2.75, 3.05) is 5.43 Å². The van der Waals surface area contributed by atoms with Crippen LogP contribution in [-0.2, 0) is 0 Å². The summed E-state index contributed by atoms with van der Waals surface area (Å²) in [6.07, 6.45) is 0. The molecular weight excluding hydrogens is 375 g/mol. The van der Waals surface area contributed by atoms with E-state index in [1.807, 2.05) is 37.3 Å². The molecule has 0 radical (unpaired) electrons. The van der Waals surface area contributed by atoms with Gasteiger partial charge >= 0.3 is 0 Å². The molecule has 0 saturated carbocycles. The zero-order valence-corrected chi connectivity index (χ0v) is 15.7. The van der Waals surface area contributed by atoms with Gasteiger partial charge in [-0.15, -0.1) is 0 Å². The van der Waals surface area contributed by atoms with E-state index < -0.39 is 0 Å². The molecule has 0 amide bonds. The topological polar surface area (TPSA) is 24.4 Å². The van der Waals surface area contributed by atoms with E-state index in [0.29, 0.717) is 20.8 Å². The Hall–Kier alpha value is -2.00. The molecule has 126 valence electrons. The van der Waals surface area contributed by atoms with Crippen molar-refractivity contribution >= 4 is 46.2 Å². The molecule has 3 aromatic rings. The van der Waals surface area contributed by atoms with Crippen molar-refractivity contribution < 1.29 is 0 Å². The number of hydrogen-bond donors (Lipinski definition) is 1. The van der Waals surface area contributed by atoms with E-state index in [4.69, 9.17) is 34.8 Å². The highest BCUT2D eigenvalue weighted by molar-refractivity contribution is 6.41. The predicted molar refractivity (Wildman–Crippen MR) is 109 cm³/mol. The van der Waals surface area contributed by atoms with Crippen molar-refractivity contribution in [1.29, 1.82) is 0 Å². The third kappa shape index (κ3) is 4.35. The maximum Gasteiger partial charge on any atom is 0.0935 e.